The number of hydrogen-bond acceptors (Lipinski definition) is 4. The Labute approximate surface area is 111 Å². The van der Waals surface area contributed by atoms with Gasteiger partial charge in [0.05, 0.1) is 0 Å². The molecule has 0 saturated carbocycles. The zero-order chi connectivity index (χ0) is 12.3. The summed E-state index contributed by atoms with van der Waals surface area (Å²) in [6.07, 6.45) is 2.54. The van der Waals surface area contributed by atoms with Crippen LogP contribution in [0.2, 0.25) is 0 Å². The molecule has 5 heteroatoms. The van der Waals surface area contributed by atoms with Crippen molar-refractivity contribution in [1.29, 1.82) is 0 Å². The Kier molecular flexibility index (Phi) is 3.85. The summed E-state index contributed by atoms with van der Waals surface area (Å²) >= 11 is 2.09. The first-order valence-corrected chi connectivity index (χ1v) is 6.18. The SMILES string of the molecule is COc1ccc(CC2=N[C](=[Pt])N=C2)cc1OC. The fraction of sp³-hybridized carbons (Fsp3) is 0.250. The van der Waals surface area contributed by atoms with Crippen molar-refractivity contribution in [2.75, 3.05) is 14.2 Å². The third-order valence-corrected chi connectivity index (χ3v) is 2.92. The van der Waals surface area contributed by atoms with E-state index in [-0.39, 0.29) is 0 Å². The average molecular weight is 411 g/mol. The number of rotatable bonds is 4. The van der Waals surface area contributed by atoms with Gasteiger partial charge in [0, 0.05) is 0 Å². The molecule has 1 aliphatic heterocycles. The molecule has 2 rings (SSSR count). The van der Waals surface area contributed by atoms with Gasteiger partial charge in [0.2, 0.25) is 0 Å². The molecular formula is C12H12N2O2Pt. The van der Waals surface area contributed by atoms with Crippen LogP contribution in [0.5, 0.6) is 11.5 Å². The Bertz CT molecular complexity index is 509. The van der Waals surface area contributed by atoms with Crippen molar-refractivity contribution in [3.05, 3.63) is 23.8 Å². The standard InChI is InChI=1S/C12H12N2O2.Pt/c1-15-11-4-3-9(6-12(11)16-2)5-10-7-13-8-14-10;/h3-4,6-7H,5H2,1-2H3;. The molecule has 0 fully saturated rings. The number of ether oxygens (including phenoxy) is 2. The maximum absolute atomic E-state index is 5.26. The number of benzene rings is 1. The molecule has 0 bridgehead atoms. The Hall–Kier alpha value is -1.28. The van der Waals surface area contributed by atoms with Crippen LogP contribution < -0.4 is 9.47 Å². The molecule has 17 heavy (non-hydrogen) atoms. The van der Waals surface area contributed by atoms with Gasteiger partial charge in [-0.15, -0.1) is 0 Å². The van der Waals surface area contributed by atoms with Crippen LogP contribution in [-0.4, -0.2) is 30.3 Å². The zero-order valence-electron chi connectivity index (χ0n) is 9.54. The topological polar surface area (TPSA) is 43.2 Å². The molecule has 0 aliphatic carbocycles. The van der Waals surface area contributed by atoms with E-state index in [0.717, 1.165) is 33.3 Å². The van der Waals surface area contributed by atoms with E-state index in [1.807, 2.05) is 18.2 Å². The molecule has 1 aliphatic rings. The molecule has 0 N–H and O–H groups in total. The van der Waals surface area contributed by atoms with Gasteiger partial charge in [0.15, 0.2) is 0 Å². The molecule has 92 valence electrons. The number of methoxy groups -OCH3 is 2. The molecule has 0 spiro atoms. The molecule has 4 nitrogen and oxygen atoms in total. The summed E-state index contributed by atoms with van der Waals surface area (Å²) in [5, 5.41) is 0. The summed E-state index contributed by atoms with van der Waals surface area (Å²) in [6.45, 7) is 0. The second-order valence-electron chi connectivity index (χ2n) is 3.47. The van der Waals surface area contributed by atoms with Gasteiger partial charge in [-0.2, -0.15) is 0 Å². The molecule has 1 aromatic carbocycles. The molecule has 0 atom stereocenters. The Morgan fingerprint density at radius 2 is 1.94 bits per heavy atom. The van der Waals surface area contributed by atoms with Gasteiger partial charge >= 0.3 is 111 Å². The van der Waals surface area contributed by atoms with Crippen LogP contribution in [0.15, 0.2) is 28.2 Å². The third-order valence-electron chi connectivity index (χ3n) is 2.37. The Morgan fingerprint density at radius 1 is 1.18 bits per heavy atom. The predicted octanol–water partition coefficient (Wildman–Crippen LogP) is 1.41. The molecule has 0 unspecified atom stereocenters. The van der Waals surface area contributed by atoms with E-state index in [0.29, 0.717) is 0 Å². The van der Waals surface area contributed by atoms with Crippen molar-refractivity contribution in [2.45, 2.75) is 6.42 Å². The van der Waals surface area contributed by atoms with Crippen LogP contribution in [0, 0.1) is 0 Å². The second-order valence-corrected chi connectivity index (χ2v) is 4.49. The molecule has 0 amide bonds. The van der Waals surface area contributed by atoms with Gasteiger partial charge in [-0.25, -0.2) is 0 Å². The minimum absolute atomic E-state index is 0.736. The first-order chi connectivity index (χ1) is 8.22. The van der Waals surface area contributed by atoms with Crippen molar-refractivity contribution in [3.8, 4) is 11.5 Å². The van der Waals surface area contributed by atoms with Crippen LogP contribution in [0.1, 0.15) is 5.56 Å². The van der Waals surface area contributed by atoms with Crippen LogP contribution >= 0.6 is 0 Å². The normalized spacial score (nSPS) is 13.9. The fourth-order valence-electron chi connectivity index (χ4n) is 1.58. The minimum atomic E-state index is 0.736. The number of nitrogens with zero attached hydrogens (tertiary/aromatic N) is 2. The van der Waals surface area contributed by atoms with Crippen LogP contribution in [0.25, 0.3) is 0 Å². The van der Waals surface area contributed by atoms with Gasteiger partial charge in [0.25, 0.3) is 0 Å². The molecule has 0 radical (unpaired) electrons. The van der Waals surface area contributed by atoms with E-state index in [9.17, 15) is 0 Å². The summed E-state index contributed by atoms with van der Waals surface area (Å²) in [7, 11) is 3.26. The summed E-state index contributed by atoms with van der Waals surface area (Å²) < 4.78 is 11.2. The van der Waals surface area contributed by atoms with Crippen molar-refractivity contribution in [2.24, 2.45) is 9.98 Å². The molecule has 1 heterocycles. The first kappa shape index (κ1) is 12.2. The van der Waals surface area contributed by atoms with Crippen molar-refractivity contribution in [3.63, 3.8) is 0 Å². The number of hydrogen-bond donors (Lipinski definition) is 0. The quantitative estimate of drug-likeness (QED) is 0.752. The summed E-state index contributed by atoms with van der Waals surface area (Å²) in [5.41, 5.74) is 2.08. The van der Waals surface area contributed by atoms with Gasteiger partial charge in [-0.1, -0.05) is 0 Å². The van der Waals surface area contributed by atoms with Crippen molar-refractivity contribution in [1.82, 2.24) is 0 Å². The van der Waals surface area contributed by atoms with Crippen LogP contribution in [-0.2, 0) is 25.8 Å². The van der Waals surface area contributed by atoms with E-state index < -0.39 is 0 Å². The van der Waals surface area contributed by atoms with Crippen LogP contribution in [0.3, 0.4) is 0 Å². The Morgan fingerprint density at radius 3 is 2.53 bits per heavy atom. The molecular weight excluding hydrogens is 399 g/mol. The van der Waals surface area contributed by atoms with E-state index in [1.54, 1.807) is 20.4 Å². The summed E-state index contributed by atoms with van der Waals surface area (Å²) in [4.78, 5) is 8.42. The van der Waals surface area contributed by atoms with E-state index in [1.165, 1.54) is 0 Å². The summed E-state index contributed by atoms with van der Waals surface area (Å²) in [5.74, 6) is 1.47. The monoisotopic (exact) mass is 411 g/mol. The van der Waals surface area contributed by atoms with E-state index >= 15 is 0 Å². The summed E-state index contributed by atoms with van der Waals surface area (Å²) in [6, 6.07) is 5.86. The zero-order valence-corrected chi connectivity index (χ0v) is 11.8. The second kappa shape index (κ2) is 5.37. The van der Waals surface area contributed by atoms with Gasteiger partial charge in [-0.3, -0.25) is 0 Å². The van der Waals surface area contributed by atoms with Gasteiger partial charge in [0.1, 0.15) is 0 Å². The predicted molar refractivity (Wildman–Crippen MR) is 64.2 cm³/mol. The number of aliphatic imine (C=N–C) groups is 2. The fourth-order valence-corrected chi connectivity index (χ4v) is 2.05. The van der Waals surface area contributed by atoms with Crippen molar-refractivity contribution >= 4 is 16.1 Å². The average Bonchev–Trinajstić information content (AvgIpc) is 2.74. The first-order valence-electron chi connectivity index (χ1n) is 5.05. The van der Waals surface area contributed by atoms with E-state index in [2.05, 4.69) is 29.3 Å². The third kappa shape index (κ3) is 2.89. The van der Waals surface area contributed by atoms with E-state index in [4.69, 9.17) is 9.47 Å². The molecule has 1 aromatic rings. The Balaban J connectivity index is 2.20. The van der Waals surface area contributed by atoms with Gasteiger partial charge < -0.3 is 0 Å². The molecule has 0 aromatic heterocycles. The molecule has 0 saturated heterocycles. The van der Waals surface area contributed by atoms with Crippen LogP contribution in [0.4, 0.5) is 0 Å². The van der Waals surface area contributed by atoms with Crippen molar-refractivity contribution < 1.29 is 28.8 Å². The van der Waals surface area contributed by atoms with Gasteiger partial charge in [-0.05, 0) is 0 Å². The maximum atomic E-state index is 5.26.